The molecule has 1 N–H and O–H groups in total. The number of carboxylic acids is 1. The minimum Gasteiger partial charge on any atom is -0.489 e. The molecule has 0 bridgehead atoms. The summed E-state index contributed by atoms with van der Waals surface area (Å²) in [6.07, 6.45) is -3.27. The van der Waals surface area contributed by atoms with Crippen LogP contribution < -0.4 is 4.74 Å². The van der Waals surface area contributed by atoms with Gasteiger partial charge in [-0.2, -0.15) is 13.2 Å². The lowest BCUT2D eigenvalue weighted by Gasteiger charge is -2.17. The molecule has 0 spiro atoms. The van der Waals surface area contributed by atoms with E-state index < -0.39 is 17.7 Å². The molecular weight excluding hydrogens is 647 g/mol. The van der Waals surface area contributed by atoms with E-state index in [1.165, 1.54) is 23.8 Å². The highest BCUT2D eigenvalue weighted by molar-refractivity contribution is 5.99. The van der Waals surface area contributed by atoms with E-state index in [0.29, 0.717) is 35.2 Å². The molecule has 7 aromatic rings. The number of aromatic carboxylic acids is 1. The molecule has 7 heteroatoms. The van der Waals surface area contributed by atoms with Gasteiger partial charge in [0.05, 0.1) is 22.3 Å². The van der Waals surface area contributed by atoms with Crippen molar-refractivity contribution in [3.63, 3.8) is 0 Å². The molecule has 0 radical (unpaired) electrons. The zero-order valence-electron chi connectivity index (χ0n) is 27.2. The number of halogens is 3. The number of ether oxygens (including phenoxy) is 1. The first-order chi connectivity index (χ1) is 24.7. The zero-order chi connectivity index (χ0) is 35.1. The van der Waals surface area contributed by atoms with E-state index in [1.54, 1.807) is 30.3 Å². The molecule has 1 aliphatic carbocycles. The Balaban J connectivity index is 1.24. The lowest BCUT2D eigenvalue weighted by atomic mass is 9.91. The topological polar surface area (TPSA) is 59.4 Å². The Kier molecular flexibility index (Phi) is 8.11. The van der Waals surface area contributed by atoms with Gasteiger partial charge in [-0.05, 0) is 105 Å². The molecule has 1 heterocycles. The maximum Gasteiger partial charge on any atom is 0.418 e. The Morgan fingerprint density at radius 1 is 0.686 bits per heavy atom. The van der Waals surface area contributed by atoms with Crippen LogP contribution in [-0.4, -0.2) is 16.1 Å². The quantitative estimate of drug-likeness (QED) is 0.174. The number of alkyl halides is 3. The molecule has 0 fully saturated rings. The van der Waals surface area contributed by atoms with Crippen LogP contribution in [0.5, 0.6) is 5.75 Å². The summed E-state index contributed by atoms with van der Waals surface area (Å²) in [6.45, 7) is 0.226. The van der Waals surface area contributed by atoms with Crippen molar-refractivity contribution in [1.82, 2.24) is 4.98 Å². The number of carbonyl (C=O) groups is 1. The maximum absolute atomic E-state index is 14.5. The fraction of sp³-hybridized carbons (Fsp3) is 0.0909. The fourth-order valence-electron chi connectivity index (χ4n) is 6.95. The Morgan fingerprint density at radius 2 is 1.41 bits per heavy atom. The molecule has 0 aliphatic heterocycles. The second-order valence-corrected chi connectivity index (χ2v) is 12.7. The molecular formula is C44H30F3NO3. The lowest BCUT2D eigenvalue weighted by molar-refractivity contribution is -0.136. The highest BCUT2D eigenvalue weighted by Crippen LogP contribution is 2.45. The van der Waals surface area contributed by atoms with Gasteiger partial charge in [-0.25, -0.2) is 9.78 Å². The molecule has 0 atom stereocenters. The number of benzene rings is 6. The summed E-state index contributed by atoms with van der Waals surface area (Å²) in [5.41, 5.74) is 9.42. The summed E-state index contributed by atoms with van der Waals surface area (Å²) < 4.78 is 49.6. The Morgan fingerprint density at radius 3 is 2.16 bits per heavy atom. The molecule has 0 saturated heterocycles. The number of hydrogen-bond donors (Lipinski definition) is 1. The zero-order valence-corrected chi connectivity index (χ0v) is 27.2. The Labute approximate surface area is 292 Å². The summed E-state index contributed by atoms with van der Waals surface area (Å²) >= 11 is 0. The third-order valence-corrected chi connectivity index (χ3v) is 9.43. The summed E-state index contributed by atoms with van der Waals surface area (Å²) in [6, 6.07) is 42.5. The van der Waals surface area contributed by atoms with Crippen LogP contribution in [0.4, 0.5) is 13.2 Å². The van der Waals surface area contributed by atoms with Crippen molar-refractivity contribution < 1.29 is 27.8 Å². The third kappa shape index (κ3) is 6.34. The maximum atomic E-state index is 14.5. The molecule has 8 rings (SSSR count). The molecule has 0 amide bonds. The average Bonchev–Trinajstić information content (AvgIpc) is 3.52. The number of nitrogens with zero attached hydrogens (tertiary/aromatic N) is 1. The van der Waals surface area contributed by atoms with Crippen LogP contribution in [0.1, 0.15) is 43.7 Å². The largest absolute Gasteiger partial charge is 0.489 e. The van der Waals surface area contributed by atoms with Crippen LogP contribution in [0.2, 0.25) is 0 Å². The van der Waals surface area contributed by atoms with Crippen LogP contribution in [0.15, 0.2) is 140 Å². The summed E-state index contributed by atoms with van der Waals surface area (Å²) in [5, 5.41) is 9.56. The van der Waals surface area contributed by atoms with Gasteiger partial charge in [-0.15, -0.1) is 0 Å². The molecule has 1 aromatic heterocycles. The standard InChI is InChI=1S/C44H30F3NO3/c45-44(46,47)40-12-6-11-35-36(30-17-19-33(20-18-30)51-26-28-13-15-31(16-14-28)43(49)50)25-41(48-42(35)40)39-23-29(21-27-7-2-1-3-8-27)22-37-34-10-5-4-9-32(34)24-38(37)39/h1-20,22-23,25H,21,24,26H2,(H,49,50). The molecule has 250 valence electrons. The van der Waals surface area contributed by atoms with Crippen LogP contribution in [0, 0.1) is 0 Å². The molecule has 0 saturated carbocycles. The van der Waals surface area contributed by atoms with Crippen LogP contribution in [0.3, 0.4) is 0 Å². The van der Waals surface area contributed by atoms with Crippen LogP contribution >= 0.6 is 0 Å². The van der Waals surface area contributed by atoms with Gasteiger partial charge in [-0.3, -0.25) is 0 Å². The highest BCUT2D eigenvalue weighted by atomic mass is 19.4. The average molecular weight is 678 g/mol. The van der Waals surface area contributed by atoms with E-state index >= 15 is 0 Å². The molecule has 1 aliphatic rings. The van der Waals surface area contributed by atoms with Gasteiger partial charge in [-0.1, -0.05) is 97.1 Å². The van der Waals surface area contributed by atoms with Crippen molar-refractivity contribution in [2.45, 2.75) is 25.6 Å². The minimum absolute atomic E-state index is 0.0969. The number of carboxylic acid groups (broad SMARTS) is 1. The predicted octanol–water partition coefficient (Wildman–Crippen LogP) is 11.0. The monoisotopic (exact) mass is 677 g/mol. The van der Waals surface area contributed by atoms with E-state index in [0.717, 1.165) is 50.6 Å². The van der Waals surface area contributed by atoms with Crippen LogP contribution in [-0.2, 0) is 25.6 Å². The number of rotatable bonds is 8. The van der Waals surface area contributed by atoms with E-state index in [9.17, 15) is 18.0 Å². The highest BCUT2D eigenvalue weighted by Gasteiger charge is 2.34. The second-order valence-electron chi connectivity index (χ2n) is 12.7. The van der Waals surface area contributed by atoms with E-state index in [4.69, 9.17) is 14.8 Å². The normalized spacial score (nSPS) is 12.1. The van der Waals surface area contributed by atoms with Gasteiger partial charge in [0, 0.05) is 10.9 Å². The van der Waals surface area contributed by atoms with Gasteiger partial charge in [0.2, 0.25) is 0 Å². The van der Waals surface area contributed by atoms with E-state index in [-0.39, 0.29) is 17.7 Å². The van der Waals surface area contributed by atoms with Crippen molar-refractivity contribution >= 4 is 16.9 Å². The van der Waals surface area contributed by atoms with Crippen molar-refractivity contribution in [2.24, 2.45) is 0 Å². The van der Waals surface area contributed by atoms with Crippen molar-refractivity contribution in [3.05, 3.63) is 178 Å². The van der Waals surface area contributed by atoms with Gasteiger partial charge in [0.25, 0.3) is 0 Å². The van der Waals surface area contributed by atoms with Crippen molar-refractivity contribution in [1.29, 1.82) is 0 Å². The van der Waals surface area contributed by atoms with E-state index in [2.05, 4.69) is 36.4 Å². The molecule has 4 nitrogen and oxygen atoms in total. The number of aromatic nitrogens is 1. The number of para-hydroxylation sites is 1. The summed E-state index contributed by atoms with van der Waals surface area (Å²) in [5.74, 6) is -0.429. The SMILES string of the molecule is O=C(O)c1ccc(COc2ccc(-c3cc(-c4cc(Cc5ccccc5)cc5c4Cc4ccccc4-5)nc4c(C(F)(F)F)cccc34)cc2)cc1. The predicted molar refractivity (Wildman–Crippen MR) is 193 cm³/mol. The third-order valence-electron chi connectivity index (χ3n) is 9.43. The molecule has 6 aromatic carbocycles. The molecule has 0 unspecified atom stereocenters. The number of fused-ring (bicyclic) bond motifs is 4. The summed E-state index contributed by atoms with van der Waals surface area (Å²) in [4.78, 5) is 16.0. The first kappa shape index (κ1) is 32.0. The minimum atomic E-state index is -4.60. The smallest absolute Gasteiger partial charge is 0.418 e. The van der Waals surface area contributed by atoms with E-state index in [1.807, 2.05) is 48.5 Å². The Hall–Kier alpha value is -6.21. The number of pyridine rings is 1. The lowest BCUT2D eigenvalue weighted by Crippen LogP contribution is -2.07. The fourth-order valence-corrected chi connectivity index (χ4v) is 6.95. The number of hydrogen-bond acceptors (Lipinski definition) is 3. The van der Waals surface area contributed by atoms with Crippen LogP contribution in [0.25, 0.3) is 44.4 Å². The summed E-state index contributed by atoms with van der Waals surface area (Å²) in [7, 11) is 0. The van der Waals surface area contributed by atoms with Gasteiger partial charge < -0.3 is 9.84 Å². The van der Waals surface area contributed by atoms with Crippen molar-refractivity contribution in [2.75, 3.05) is 0 Å². The van der Waals surface area contributed by atoms with Gasteiger partial charge in [0.15, 0.2) is 0 Å². The first-order valence-electron chi connectivity index (χ1n) is 16.6. The first-order valence-corrected chi connectivity index (χ1v) is 16.6. The van der Waals surface area contributed by atoms with Gasteiger partial charge >= 0.3 is 12.1 Å². The second kappa shape index (κ2) is 12.9. The van der Waals surface area contributed by atoms with Gasteiger partial charge in [0.1, 0.15) is 12.4 Å². The van der Waals surface area contributed by atoms with Crippen molar-refractivity contribution in [3.8, 4) is 39.3 Å². The Bertz CT molecular complexity index is 2420. The molecule has 51 heavy (non-hydrogen) atoms.